The number of aryl methyl sites for hydroxylation is 1. The lowest BCUT2D eigenvalue weighted by Crippen LogP contribution is -2.21. The summed E-state index contributed by atoms with van der Waals surface area (Å²) in [6, 6.07) is 8.82. The van der Waals surface area contributed by atoms with Crippen LogP contribution in [-0.4, -0.2) is 40.5 Å². The molecule has 1 atom stereocenters. The molecule has 1 aromatic carbocycles. The molecule has 20 heavy (non-hydrogen) atoms. The maximum Gasteiger partial charge on any atom is 0.0700 e. The van der Waals surface area contributed by atoms with Gasteiger partial charge in [0.1, 0.15) is 0 Å². The Morgan fingerprint density at radius 3 is 2.75 bits per heavy atom. The Bertz CT molecular complexity index is 355. The first-order valence-corrected chi connectivity index (χ1v) is 7.53. The van der Waals surface area contributed by atoms with Crippen molar-refractivity contribution in [3.8, 4) is 0 Å². The van der Waals surface area contributed by atoms with E-state index in [1.54, 1.807) is 7.11 Å². The second-order valence-corrected chi connectivity index (χ2v) is 5.36. The van der Waals surface area contributed by atoms with Crippen LogP contribution < -0.4 is 5.32 Å². The van der Waals surface area contributed by atoms with Gasteiger partial charge in [-0.1, -0.05) is 29.8 Å². The van der Waals surface area contributed by atoms with Crippen LogP contribution in [-0.2, 0) is 15.9 Å². The van der Waals surface area contributed by atoms with Crippen LogP contribution in [0.1, 0.15) is 24.0 Å². The number of rotatable bonds is 11. The number of hydrogen-bond donors (Lipinski definition) is 1. The van der Waals surface area contributed by atoms with Crippen LogP contribution in [0.25, 0.3) is 0 Å². The van der Waals surface area contributed by atoms with Crippen molar-refractivity contribution in [2.24, 2.45) is 5.92 Å². The minimum absolute atomic E-state index is 0.674. The Labute approximate surface area is 123 Å². The quantitative estimate of drug-likeness (QED) is 0.632. The summed E-state index contributed by atoms with van der Waals surface area (Å²) >= 11 is 0. The molecule has 1 aromatic rings. The van der Waals surface area contributed by atoms with Gasteiger partial charge in [-0.3, -0.25) is 0 Å². The third kappa shape index (κ3) is 7.63. The van der Waals surface area contributed by atoms with Gasteiger partial charge in [0.15, 0.2) is 0 Å². The van der Waals surface area contributed by atoms with E-state index in [2.05, 4.69) is 36.5 Å². The molecule has 0 fully saturated rings. The molecule has 0 aliphatic rings. The molecule has 0 heterocycles. The molecule has 3 nitrogen and oxygen atoms in total. The van der Waals surface area contributed by atoms with Gasteiger partial charge >= 0.3 is 0 Å². The average Bonchev–Trinajstić information content (AvgIpc) is 2.43. The van der Waals surface area contributed by atoms with Gasteiger partial charge in [-0.05, 0) is 51.3 Å². The van der Waals surface area contributed by atoms with E-state index in [0.29, 0.717) is 19.1 Å². The topological polar surface area (TPSA) is 30.5 Å². The van der Waals surface area contributed by atoms with E-state index in [1.807, 2.05) is 7.05 Å². The summed E-state index contributed by atoms with van der Waals surface area (Å²) in [5, 5.41) is 3.30. The molecule has 114 valence electrons. The minimum Gasteiger partial charge on any atom is -0.382 e. The van der Waals surface area contributed by atoms with Crippen LogP contribution in [0.2, 0.25) is 0 Å². The molecule has 3 heteroatoms. The Balaban J connectivity index is 2.29. The highest BCUT2D eigenvalue weighted by Crippen LogP contribution is 2.15. The van der Waals surface area contributed by atoms with Crippen LogP contribution in [0.3, 0.4) is 0 Å². The lowest BCUT2D eigenvalue weighted by Gasteiger charge is -2.17. The van der Waals surface area contributed by atoms with E-state index in [0.717, 1.165) is 26.0 Å². The minimum atomic E-state index is 0.674. The van der Waals surface area contributed by atoms with Gasteiger partial charge in [-0.15, -0.1) is 0 Å². The molecule has 0 saturated heterocycles. The van der Waals surface area contributed by atoms with Crippen molar-refractivity contribution < 1.29 is 9.47 Å². The summed E-state index contributed by atoms with van der Waals surface area (Å²) in [5.74, 6) is 0.674. The Hall–Kier alpha value is -0.900. The molecule has 1 N–H and O–H groups in total. The lowest BCUT2D eigenvalue weighted by atomic mass is 9.94. The van der Waals surface area contributed by atoms with Crippen molar-refractivity contribution in [3.05, 3.63) is 35.4 Å². The zero-order valence-corrected chi connectivity index (χ0v) is 13.2. The van der Waals surface area contributed by atoms with Crippen LogP contribution in [0.4, 0.5) is 0 Å². The maximum absolute atomic E-state index is 5.53. The monoisotopic (exact) mass is 279 g/mol. The van der Waals surface area contributed by atoms with E-state index in [-0.39, 0.29) is 0 Å². The van der Waals surface area contributed by atoms with Gasteiger partial charge < -0.3 is 14.8 Å². The molecule has 0 radical (unpaired) electrons. The number of nitrogens with one attached hydrogen (secondary N) is 1. The molecular weight excluding hydrogens is 250 g/mol. The molecular formula is C17H29NO2. The van der Waals surface area contributed by atoms with Crippen molar-refractivity contribution in [2.45, 2.75) is 26.2 Å². The summed E-state index contributed by atoms with van der Waals surface area (Å²) in [6.07, 6.45) is 3.45. The highest BCUT2D eigenvalue weighted by Gasteiger charge is 2.09. The third-order valence-electron chi connectivity index (χ3n) is 3.43. The van der Waals surface area contributed by atoms with Crippen LogP contribution >= 0.6 is 0 Å². The zero-order valence-electron chi connectivity index (χ0n) is 13.2. The van der Waals surface area contributed by atoms with Crippen LogP contribution in [0.15, 0.2) is 24.3 Å². The molecule has 0 aromatic heterocycles. The standard InChI is InChI=1S/C17H29NO2/c1-15-6-4-7-16(12-15)13-17(14-18-2)8-5-9-20-11-10-19-3/h4,6-7,12,17-18H,5,8-11,13-14H2,1-3H3. The fourth-order valence-corrected chi connectivity index (χ4v) is 2.46. The molecule has 0 aliphatic carbocycles. The van der Waals surface area contributed by atoms with Crippen LogP contribution in [0.5, 0.6) is 0 Å². The van der Waals surface area contributed by atoms with E-state index in [4.69, 9.17) is 9.47 Å². The zero-order chi connectivity index (χ0) is 14.6. The first-order chi connectivity index (χ1) is 9.76. The van der Waals surface area contributed by atoms with Crippen molar-refractivity contribution in [2.75, 3.05) is 40.5 Å². The Morgan fingerprint density at radius 2 is 2.05 bits per heavy atom. The predicted molar refractivity (Wildman–Crippen MR) is 84.2 cm³/mol. The highest BCUT2D eigenvalue weighted by atomic mass is 16.5. The smallest absolute Gasteiger partial charge is 0.0700 e. The SMILES string of the molecule is CNCC(CCCOCCOC)Cc1cccc(C)c1. The number of benzene rings is 1. The predicted octanol–water partition coefficient (Wildman–Crippen LogP) is 2.82. The summed E-state index contributed by atoms with van der Waals surface area (Å²) < 4.78 is 10.5. The summed E-state index contributed by atoms with van der Waals surface area (Å²) in [6.45, 7) is 5.43. The summed E-state index contributed by atoms with van der Waals surface area (Å²) in [7, 11) is 3.73. The van der Waals surface area contributed by atoms with Gasteiger partial charge in [0.05, 0.1) is 13.2 Å². The molecule has 0 saturated carbocycles. The number of methoxy groups -OCH3 is 1. The Morgan fingerprint density at radius 1 is 1.20 bits per heavy atom. The van der Waals surface area contributed by atoms with E-state index >= 15 is 0 Å². The maximum atomic E-state index is 5.53. The van der Waals surface area contributed by atoms with Crippen molar-refractivity contribution in [1.29, 1.82) is 0 Å². The summed E-state index contributed by atoms with van der Waals surface area (Å²) in [5.41, 5.74) is 2.78. The van der Waals surface area contributed by atoms with E-state index in [1.165, 1.54) is 17.5 Å². The van der Waals surface area contributed by atoms with E-state index in [9.17, 15) is 0 Å². The van der Waals surface area contributed by atoms with E-state index < -0.39 is 0 Å². The average molecular weight is 279 g/mol. The van der Waals surface area contributed by atoms with Gasteiger partial charge in [-0.25, -0.2) is 0 Å². The number of hydrogen-bond acceptors (Lipinski definition) is 3. The molecule has 1 rings (SSSR count). The van der Waals surface area contributed by atoms with Gasteiger partial charge in [0, 0.05) is 13.7 Å². The summed E-state index contributed by atoms with van der Waals surface area (Å²) in [4.78, 5) is 0. The normalized spacial score (nSPS) is 12.6. The van der Waals surface area contributed by atoms with Crippen molar-refractivity contribution in [3.63, 3.8) is 0 Å². The second kappa shape index (κ2) is 10.8. The van der Waals surface area contributed by atoms with Gasteiger partial charge in [-0.2, -0.15) is 0 Å². The molecule has 1 unspecified atom stereocenters. The third-order valence-corrected chi connectivity index (χ3v) is 3.43. The molecule has 0 spiro atoms. The second-order valence-electron chi connectivity index (χ2n) is 5.36. The highest BCUT2D eigenvalue weighted by molar-refractivity contribution is 5.22. The lowest BCUT2D eigenvalue weighted by molar-refractivity contribution is 0.0672. The molecule has 0 aliphatic heterocycles. The fourth-order valence-electron chi connectivity index (χ4n) is 2.46. The first kappa shape index (κ1) is 17.2. The van der Waals surface area contributed by atoms with Gasteiger partial charge in [0.25, 0.3) is 0 Å². The molecule has 0 amide bonds. The molecule has 0 bridgehead atoms. The van der Waals surface area contributed by atoms with Crippen LogP contribution in [0, 0.1) is 12.8 Å². The number of ether oxygens (including phenoxy) is 2. The van der Waals surface area contributed by atoms with Gasteiger partial charge in [0.2, 0.25) is 0 Å². The van der Waals surface area contributed by atoms with Crippen molar-refractivity contribution in [1.82, 2.24) is 5.32 Å². The largest absolute Gasteiger partial charge is 0.382 e. The Kier molecular flexibility index (Phi) is 9.29. The first-order valence-electron chi connectivity index (χ1n) is 7.53. The fraction of sp³-hybridized carbons (Fsp3) is 0.647. The van der Waals surface area contributed by atoms with Crippen molar-refractivity contribution >= 4 is 0 Å².